The van der Waals surface area contributed by atoms with Gasteiger partial charge < -0.3 is 24.6 Å². The lowest BCUT2D eigenvalue weighted by Crippen LogP contribution is -2.29. The normalized spacial score (nSPS) is 14.3. The molecule has 0 heterocycles. The standard InChI is InChI=1S/C32H63O10P/c1-3-5-6-7-8-9-10-11-12-13-14-15-16-17-18-19-20-21-22-24-31(35)39-27-30(42-32(36)23-4-2)28-41-43(37,38)40-26-29(34)25-33/h29-30,33-34H,3-28H2,1-2H3,(H,37,38)/t29-,30+/m0/s1. The third kappa shape index (κ3) is 29.4. The first-order valence-electron chi connectivity index (χ1n) is 17.0. The largest absolute Gasteiger partial charge is 0.472 e. The van der Waals surface area contributed by atoms with Crippen molar-refractivity contribution in [2.24, 2.45) is 0 Å². The van der Waals surface area contributed by atoms with Crippen molar-refractivity contribution < 1.29 is 47.8 Å². The molecule has 0 aliphatic rings. The maximum absolute atomic E-state index is 12.2. The highest BCUT2D eigenvalue weighted by atomic mass is 31.2. The number of hydrogen-bond donors (Lipinski definition) is 3. The van der Waals surface area contributed by atoms with Crippen molar-refractivity contribution in [3.05, 3.63) is 0 Å². The lowest BCUT2D eigenvalue weighted by molar-refractivity contribution is -0.161. The summed E-state index contributed by atoms with van der Waals surface area (Å²) in [7, 11) is -4.57. The summed E-state index contributed by atoms with van der Waals surface area (Å²) in [6.07, 6.45) is 22.8. The Morgan fingerprint density at radius 1 is 0.605 bits per heavy atom. The lowest BCUT2D eigenvalue weighted by Gasteiger charge is -2.20. The Morgan fingerprint density at radius 2 is 1.05 bits per heavy atom. The number of hydrogen-bond acceptors (Lipinski definition) is 9. The second-order valence-corrected chi connectivity index (χ2v) is 13.0. The summed E-state index contributed by atoms with van der Waals surface area (Å²) >= 11 is 0. The molecule has 11 heteroatoms. The zero-order chi connectivity index (χ0) is 32.0. The Morgan fingerprint density at radius 3 is 1.49 bits per heavy atom. The molecule has 0 amide bonds. The van der Waals surface area contributed by atoms with Crippen molar-refractivity contribution in [1.82, 2.24) is 0 Å². The molecule has 256 valence electrons. The summed E-state index contributed by atoms with van der Waals surface area (Å²) < 4.78 is 31.8. The van der Waals surface area contributed by atoms with Crippen LogP contribution in [-0.4, -0.2) is 65.7 Å². The summed E-state index contributed by atoms with van der Waals surface area (Å²) in [5.41, 5.74) is 0. The second-order valence-electron chi connectivity index (χ2n) is 11.6. The van der Waals surface area contributed by atoms with E-state index >= 15 is 0 Å². The Hall–Kier alpha value is -1.03. The molecular weight excluding hydrogens is 575 g/mol. The summed E-state index contributed by atoms with van der Waals surface area (Å²) in [6.45, 7) is 1.96. The van der Waals surface area contributed by atoms with E-state index in [4.69, 9.17) is 19.1 Å². The number of phosphoric ester groups is 1. The van der Waals surface area contributed by atoms with Crippen LogP contribution in [0.25, 0.3) is 0 Å². The van der Waals surface area contributed by atoms with Gasteiger partial charge in [-0.2, -0.15) is 0 Å². The molecule has 3 N–H and O–H groups in total. The molecule has 0 aliphatic heterocycles. The molecule has 0 saturated heterocycles. The molecular formula is C32H63O10P. The molecule has 0 rings (SSSR count). The molecule has 0 spiro atoms. The Labute approximate surface area is 261 Å². The molecule has 0 radical (unpaired) electrons. The van der Waals surface area contributed by atoms with E-state index in [0.29, 0.717) is 12.8 Å². The van der Waals surface area contributed by atoms with Crippen LogP contribution in [0.1, 0.15) is 155 Å². The van der Waals surface area contributed by atoms with Gasteiger partial charge in [-0.3, -0.25) is 18.6 Å². The van der Waals surface area contributed by atoms with Crippen LogP contribution in [0.4, 0.5) is 0 Å². The van der Waals surface area contributed by atoms with Crippen LogP contribution in [0.5, 0.6) is 0 Å². The van der Waals surface area contributed by atoms with Crippen LogP contribution in [0.2, 0.25) is 0 Å². The van der Waals surface area contributed by atoms with E-state index in [-0.39, 0.29) is 19.4 Å². The SMILES string of the molecule is CCCCCCCCCCCCCCCCCCCCCC(=O)OC[C@H](COP(=O)(O)OC[C@@H](O)CO)OC(=O)CCC. The molecule has 0 saturated carbocycles. The molecule has 0 aromatic heterocycles. The highest BCUT2D eigenvalue weighted by Gasteiger charge is 2.27. The number of carbonyl (C=O) groups excluding carboxylic acids is 2. The molecule has 10 nitrogen and oxygen atoms in total. The van der Waals surface area contributed by atoms with E-state index in [1.807, 2.05) is 0 Å². The molecule has 0 aliphatic carbocycles. The van der Waals surface area contributed by atoms with Crippen molar-refractivity contribution in [3.8, 4) is 0 Å². The third-order valence-corrected chi connectivity index (χ3v) is 8.18. The van der Waals surface area contributed by atoms with Crippen LogP contribution in [-0.2, 0) is 32.7 Å². The zero-order valence-electron chi connectivity index (χ0n) is 27.2. The quantitative estimate of drug-likeness (QED) is 0.0383. The molecule has 0 aromatic rings. The van der Waals surface area contributed by atoms with E-state index in [2.05, 4.69) is 11.4 Å². The van der Waals surface area contributed by atoms with Gasteiger partial charge in [0.2, 0.25) is 0 Å². The van der Waals surface area contributed by atoms with Gasteiger partial charge in [0.25, 0.3) is 0 Å². The van der Waals surface area contributed by atoms with Gasteiger partial charge in [-0.1, -0.05) is 129 Å². The van der Waals surface area contributed by atoms with Gasteiger partial charge in [0.15, 0.2) is 6.10 Å². The number of aliphatic hydroxyl groups is 2. The van der Waals surface area contributed by atoms with E-state index < -0.39 is 51.8 Å². The van der Waals surface area contributed by atoms with Crippen LogP contribution in [0.3, 0.4) is 0 Å². The summed E-state index contributed by atoms with van der Waals surface area (Å²) in [5, 5.41) is 18.0. The lowest BCUT2D eigenvalue weighted by atomic mass is 10.0. The highest BCUT2D eigenvalue weighted by Crippen LogP contribution is 2.43. The van der Waals surface area contributed by atoms with Gasteiger partial charge in [-0.15, -0.1) is 0 Å². The minimum absolute atomic E-state index is 0.139. The number of rotatable bonds is 32. The fourth-order valence-electron chi connectivity index (χ4n) is 4.62. The van der Waals surface area contributed by atoms with Crippen molar-refractivity contribution in [2.45, 2.75) is 167 Å². The van der Waals surface area contributed by atoms with Crippen molar-refractivity contribution in [3.63, 3.8) is 0 Å². The van der Waals surface area contributed by atoms with Crippen LogP contribution in [0.15, 0.2) is 0 Å². The van der Waals surface area contributed by atoms with Gasteiger partial charge in [0, 0.05) is 12.8 Å². The van der Waals surface area contributed by atoms with E-state index in [1.54, 1.807) is 6.92 Å². The van der Waals surface area contributed by atoms with Gasteiger partial charge >= 0.3 is 19.8 Å². The van der Waals surface area contributed by atoms with Crippen molar-refractivity contribution >= 4 is 19.8 Å². The van der Waals surface area contributed by atoms with Gasteiger partial charge in [0.1, 0.15) is 12.7 Å². The first kappa shape index (κ1) is 42.0. The molecule has 0 fully saturated rings. The minimum atomic E-state index is -4.57. The fraction of sp³-hybridized carbons (Fsp3) is 0.938. The molecule has 3 atom stereocenters. The minimum Gasteiger partial charge on any atom is -0.462 e. The third-order valence-electron chi connectivity index (χ3n) is 7.23. The van der Waals surface area contributed by atoms with Crippen LogP contribution < -0.4 is 0 Å². The molecule has 43 heavy (non-hydrogen) atoms. The topological polar surface area (TPSA) is 149 Å². The average Bonchev–Trinajstić information content (AvgIpc) is 2.98. The average molecular weight is 639 g/mol. The number of ether oxygens (including phenoxy) is 2. The van der Waals surface area contributed by atoms with Crippen molar-refractivity contribution in [2.75, 3.05) is 26.4 Å². The van der Waals surface area contributed by atoms with Crippen LogP contribution in [0, 0.1) is 0 Å². The number of carbonyl (C=O) groups is 2. The Kier molecular flexibility index (Phi) is 29.0. The zero-order valence-corrected chi connectivity index (χ0v) is 28.1. The predicted molar refractivity (Wildman–Crippen MR) is 169 cm³/mol. The van der Waals surface area contributed by atoms with Gasteiger partial charge in [-0.05, 0) is 12.8 Å². The Balaban J connectivity index is 3.86. The fourth-order valence-corrected chi connectivity index (χ4v) is 5.41. The van der Waals surface area contributed by atoms with Gasteiger partial charge in [0.05, 0.1) is 19.8 Å². The van der Waals surface area contributed by atoms with Crippen LogP contribution >= 0.6 is 7.82 Å². The van der Waals surface area contributed by atoms with E-state index in [1.165, 1.54) is 103 Å². The number of aliphatic hydroxyl groups excluding tert-OH is 2. The monoisotopic (exact) mass is 638 g/mol. The van der Waals surface area contributed by atoms with Crippen molar-refractivity contribution in [1.29, 1.82) is 0 Å². The van der Waals surface area contributed by atoms with E-state index in [9.17, 15) is 24.2 Å². The number of phosphoric acid groups is 1. The predicted octanol–water partition coefficient (Wildman–Crippen LogP) is 7.55. The van der Waals surface area contributed by atoms with E-state index in [0.717, 1.165) is 12.8 Å². The Bertz CT molecular complexity index is 706. The maximum atomic E-state index is 12.2. The molecule has 1 unspecified atom stereocenters. The number of esters is 2. The summed E-state index contributed by atoms with van der Waals surface area (Å²) in [6, 6.07) is 0. The van der Waals surface area contributed by atoms with Gasteiger partial charge in [-0.25, -0.2) is 4.57 Å². The molecule has 0 aromatic carbocycles. The summed E-state index contributed by atoms with van der Waals surface area (Å²) in [5.74, 6) is -0.978. The summed E-state index contributed by atoms with van der Waals surface area (Å²) in [4.78, 5) is 33.8. The second kappa shape index (κ2) is 29.7. The highest BCUT2D eigenvalue weighted by molar-refractivity contribution is 7.47. The first-order valence-corrected chi connectivity index (χ1v) is 18.5. The first-order chi connectivity index (χ1) is 20.7. The molecule has 0 bridgehead atoms. The smallest absolute Gasteiger partial charge is 0.462 e. The maximum Gasteiger partial charge on any atom is 0.472 e. The number of unbranched alkanes of at least 4 members (excludes halogenated alkanes) is 18.